The van der Waals surface area contributed by atoms with Crippen molar-refractivity contribution in [2.75, 3.05) is 23.0 Å². The number of hydrogen-bond donors (Lipinski definition) is 2. The molecule has 4 amide bonds. The van der Waals surface area contributed by atoms with Gasteiger partial charge in [0, 0.05) is 18.9 Å². The van der Waals surface area contributed by atoms with Gasteiger partial charge >= 0.3 is 12.1 Å². The van der Waals surface area contributed by atoms with Crippen LogP contribution < -0.4 is 20.9 Å². The van der Waals surface area contributed by atoms with E-state index in [-0.39, 0.29) is 53.7 Å². The van der Waals surface area contributed by atoms with Gasteiger partial charge in [-0.1, -0.05) is 5.16 Å². The second-order valence-electron chi connectivity index (χ2n) is 10.2. The highest BCUT2D eigenvalue weighted by Crippen LogP contribution is 2.49. The summed E-state index contributed by atoms with van der Waals surface area (Å²) in [5.41, 5.74) is 4.30. The van der Waals surface area contributed by atoms with Crippen LogP contribution in [-0.4, -0.2) is 65.9 Å². The number of ether oxygens (including phenoxy) is 2. The Kier molecular flexibility index (Phi) is 5.94. The molecule has 0 bridgehead atoms. The molecule has 3 aliphatic heterocycles. The zero-order valence-electron chi connectivity index (χ0n) is 21.5. The summed E-state index contributed by atoms with van der Waals surface area (Å²) in [7, 11) is 0. The van der Waals surface area contributed by atoms with E-state index < -0.39 is 47.5 Å². The fourth-order valence-electron chi connectivity index (χ4n) is 6.26. The first kappa shape index (κ1) is 25.7. The molecule has 2 fully saturated rings. The summed E-state index contributed by atoms with van der Waals surface area (Å²) in [5, 5.41) is 6.21. The normalized spacial score (nSPS) is 27.6. The number of rotatable bonds is 4. The third-order valence-electron chi connectivity index (χ3n) is 7.78. The van der Waals surface area contributed by atoms with E-state index in [1.54, 1.807) is 49.3 Å². The van der Waals surface area contributed by atoms with Gasteiger partial charge in [0.05, 0.1) is 29.3 Å². The maximum Gasteiger partial charge on any atom is 0.416 e. The quantitative estimate of drug-likeness (QED) is 0.360. The average molecular weight is 553 g/mol. The Bertz CT molecular complexity index is 1550. The number of benzene rings is 1. The summed E-state index contributed by atoms with van der Waals surface area (Å²) in [6, 6.07) is 2.34. The van der Waals surface area contributed by atoms with Gasteiger partial charge in [-0.05, 0) is 49.6 Å². The molecule has 0 spiro atoms. The maximum atomic E-state index is 16.3. The number of halogens is 1. The number of imide groups is 1. The van der Waals surface area contributed by atoms with Crippen molar-refractivity contribution in [1.29, 1.82) is 0 Å². The van der Waals surface area contributed by atoms with Crippen LogP contribution in [0.5, 0.6) is 0 Å². The van der Waals surface area contributed by atoms with Crippen molar-refractivity contribution < 1.29 is 37.6 Å². The standard InChI is InChI=1S/C26H25FN6O7/c1-12-9-32-19-15(8-26(11-34,21(32)13(2)39-12)23(35)30-24(28)36)7-16-20(18(19)27)40-31-22(16)33-17(10-38-25(33)37)14-3-5-29-6-4-14/h3-7,11-13,17,21H,8-10H2,1-2H3,(H3,28,30,35,36)/t12-,13+,17+,21?,26?/m1/s1. The number of nitrogens with one attached hydrogen (secondary N) is 1. The number of aldehydes is 1. The molecule has 3 N–H and O–H groups in total. The molecule has 208 valence electrons. The van der Waals surface area contributed by atoms with Crippen LogP contribution in [0.25, 0.3) is 11.0 Å². The van der Waals surface area contributed by atoms with Gasteiger partial charge in [0.25, 0.3) is 0 Å². The number of carbonyl (C=O) groups is 4. The number of nitrogens with two attached hydrogens (primary N) is 1. The van der Waals surface area contributed by atoms with E-state index in [2.05, 4.69) is 10.1 Å². The number of primary amides is 1. The smallest absolute Gasteiger partial charge is 0.416 e. The minimum absolute atomic E-state index is 0.0186. The fraction of sp³-hybridized carbons (Fsp3) is 0.385. The molecule has 5 heterocycles. The number of pyridine rings is 1. The van der Waals surface area contributed by atoms with Gasteiger partial charge in [0.1, 0.15) is 24.3 Å². The zero-order valence-corrected chi connectivity index (χ0v) is 21.5. The van der Waals surface area contributed by atoms with E-state index in [4.69, 9.17) is 19.7 Å². The average Bonchev–Trinajstić information content (AvgIpc) is 3.50. The van der Waals surface area contributed by atoms with Gasteiger partial charge < -0.3 is 29.4 Å². The van der Waals surface area contributed by atoms with Crippen molar-refractivity contribution in [3.05, 3.63) is 47.5 Å². The molecular weight excluding hydrogens is 527 g/mol. The number of anilines is 2. The van der Waals surface area contributed by atoms with Crippen molar-refractivity contribution in [2.24, 2.45) is 11.1 Å². The third kappa shape index (κ3) is 3.70. The van der Waals surface area contributed by atoms with E-state index in [0.717, 1.165) is 5.56 Å². The predicted octanol–water partition coefficient (Wildman–Crippen LogP) is 1.98. The van der Waals surface area contributed by atoms with Crippen molar-refractivity contribution in [3.63, 3.8) is 0 Å². The van der Waals surface area contributed by atoms with Crippen LogP contribution in [0.2, 0.25) is 0 Å². The highest BCUT2D eigenvalue weighted by atomic mass is 19.1. The molecule has 2 unspecified atom stereocenters. The number of urea groups is 1. The van der Waals surface area contributed by atoms with Crippen molar-refractivity contribution >= 4 is 46.8 Å². The number of amides is 4. The largest absolute Gasteiger partial charge is 0.447 e. The Morgan fingerprint density at radius 2 is 2.02 bits per heavy atom. The van der Waals surface area contributed by atoms with Crippen molar-refractivity contribution in [3.8, 4) is 0 Å². The van der Waals surface area contributed by atoms with Crippen molar-refractivity contribution in [1.82, 2.24) is 15.5 Å². The number of fused-ring (bicyclic) bond motifs is 4. The zero-order chi connectivity index (χ0) is 28.3. The van der Waals surface area contributed by atoms with Gasteiger partial charge in [-0.25, -0.2) is 18.9 Å². The monoisotopic (exact) mass is 552 g/mol. The summed E-state index contributed by atoms with van der Waals surface area (Å²) in [6.07, 6.45) is 1.56. The Labute approximate surface area is 226 Å². The second kappa shape index (κ2) is 9.26. The lowest BCUT2D eigenvalue weighted by molar-refractivity contribution is -0.144. The van der Waals surface area contributed by atoms with Gasteiger partial charge in [-0.15, -0.1) is 0 Å². The van der Waals surface area contributed by atoms with Crippen LogP contribution in [-0.2, 0) is 25.5 Å². The van der Waals surface area contributed by atoms with Gasteiger partial charge in [0.15, 0.2) is 11.6 Å². The Morgan fingerprint density at radius 3 is 2.73 bits per heavy atom. The van der Waals surface area contributed by atoms with E-state index in [0.29, 0.717) is 6.29 Å². The number of cyclic esters (lactones) is 1. The van der Waals surface area contributed by atoms with Crippen LogP contribution in [0, 0.1) is 11.2 Å². The van der Waals surface area contributed by atoms with E-state index in [1.807, 2.05) is 5.32 Å². The van der Waals surface area contributed by atoms with Gasteiger partial charge in [0.2, 0.25) is 11.5 Å². The maximum absolute atomic E-state index is 16.3. The number of carbonyl (C=O) groups excluding carboxylic acids is 4. The Balaban J connectivity index is 1.53. The molecule has 13 nitrogen and oxygen atoms in total. The molecule has 5 atom stereocenters. The fourth-order valence-corrected chi connectivity index (χ4v) is 6.26. The molecule has 40 heavy (non-hydrogen) atoms. The Hall–Kier alpha value is -4.59. The number of morpholine rings is 1. The minimum atomic E-state index is -1.84. The molecule has 0 radical (unpaired) electrons. The second-order valence-corrected chi connectivity index (χ2v) is 10.2. The van der Waals surface area contributed by atoms with Crippen LogP contribution in [0.15, 0.2) is 35.1 Å². The van der Waals surface area contributed by atoms with Crippen LogP contribution in [0.4, 0.5) is 25.5 Å². The van der Waals surface area contributed by atoms with Gasteiger partial charge in [-0.3, -0.25) is 15.1 Å². The number of hydrogen-bond acceptors (Lipinski definition) is 10. The Morgan fingerprint density at radius 1 is 1.27 bits per heavy atom. The molecule has 3 aliphatic rings. The van der Waals surface area contributed by atoms with Crippen molar-refractivity contribution in [2.45, 2.75) is 44.6 Å². The SMILES string of the molecule is C[C@@H]1CN2c3c(cc4c(N5C(=O)OC[C@H]5c5ccncc5)noc4c3F)CC(C=O)(C(=O)NC(N)=O)C2[C@H](C)O1. The predicted molar refractivity (Wildman–Crippen MR) is 136 cm³/mol. The lowest BCUT2D eigenvalue weighted by atomic mass is 9.68. The molecular formula is C26H25FN6O7. The molecule has 3 aromatic rings. The molecule has 14 heteroatoms. The molecule has 6 rings (SSSR count). The summed E-state index contributed by atoms with van der Waals surface area (Å²) in [5.74, 6) is -1.67. The first-order chi connectivity index (χ1) is 19.2. The topological polar surface area (TPSA) is 170 Å². The molecule has 1 aromatic carbocycles. The highest BCUT2D eigenvalue weighted by Gasteiger charge is 2.57. The van der Waals surface area contributed by atoms with Gasteiger partial charge in [-0.2, -0.15) is 0 Å². The summed E-state index contributed by atoms with van der Waals surface area (Å²) >= 11 is 0. The highest BCUT2D eigenvalue weighted by molar-refractivity contribution is 6.07. The molecule has 2 saturated heterocycles. The van der Waals surface area contributed by atoms with E-state index in [1.165, 1.54) is 4.90 Å². The number of aromatic nitrogens is 2. The molecule has 0 aliphatic carbocycles. The van der Waals surface area contributed by atoms with Crippen LogP contribution in [0.3, 0.4) is 0 Å². The summed E-state index contributed by atoms with van der Waals surface area (Å²) in [6.45, 7) is 3.63. The summed E-state index contributed by atoms with van der Waals surface area (Å²) < 4.78 is 33.0. The van der Waals surface area contributed by atoms with E-state index >= 15 is 4.39 Å². The van der Waals surface area contributed by atoms with Crippen LogP contribution >= 0.6 is 0 Å². The summed E-state index contributed by atoms with van der Waals surface area (Å²) in [4.78, 5) is 57.4. The minimum Gasteiger partial charge on any atom is -0.447 e. The molecule has 2 aromatic heterocycles. The van der Waals surface area contributed by atoms with E-state index in [9.17, 15) is 19.2 Å². The third-order valence-corrected chi connectivity index (χ3v) is 7.78. The lowest BCUT2D eigenvalue weighted by Crippen LogP contribution is -2.68. The first-order valence-electron chi connectivity index (χ1n) is 12.6. The first-order valence-corrected chi connectivity index (χ1v) is 12.6. The lowest BCUT2D eigenvalue weighted by Gasteiger charge is -2.53. The number of nitrogens with zero attached hydrogens (tertiary/aromatic N) is 4. The molecule has 0 saturated carbocycles. The van der Waals surface area contributed by atoms with Crippen LogP contribution in [0.1, 0.15) is 31.0 Å².